The number of hydrogen-bond donors (Lipinski definition) is 1. The monoisotopic (exact) mass is 249 g/mol. The molecule has 1 aliphatic heterocycles. The molecule has 0 aromatic heterocycles. The lowest BCUT2D eigenvalue weighted by molar-refractivity contribution is -0.161. The Morgan fingerprint density at radius 2 is 2.28 bits per heavy atom. The average molecular weight is 249 g/mol. The van der Waals surface area contributed by atoms with Gasteiger partial charge in [0, 0.05) is 12.2 Å². The quantitative estimate of drug-likeness (QED) is 0.875. The van der Waals surface area contributed by atoms with Crippen molar-refractivity contribution < 1.29 is 19.4 Å². The molecule has 1 aromatic rings. The smallest absolute Gasteiger partial charge is 0.354 e. The van der Waals surface area contributed by atoms with Crippen LogP contribution in [0.2, 0.25) is 0 Å². The first-order chi connectivity index (χ1) is 8.56. The Labute approximate surface area is 105 Å². The molecule has 1 unspecified atom stereocenters. The molecule has 1 atom stereocenters. The van der Waals surface area contributed by atoms with Gasteiger partial charge in [0.25, 0.3) is 5.91 Å². The van der Waals surface area contributed by atoms with Gasteiger partial charge in [0.1, 0.15) is 0 Å². The van der Waals surface area contributed by atoms with Gasteiger partial charge in [0.15, 0.2) is 0 Å². The van der Waals surface area contributed by atoms with Crippen molar-refractivity contribution in [2.75, 3.05) is 6.61 Å². The lowest BCUT2D eigenvalue weighted by Gasteiger charge is -2.23. The lowest BCUT2D eigenvalue weighted by atomic mass is 10.1. The van der Waals surface area contributed by atoms with Gasteiger partial charge in [-0.15, -0.1) is 0 Å². The number of amides is 1. The molecule has 1 heterocycles. The Kier molecular flexibility index (Phi) is 3.34. The van der Waals surface area contributed by atoms with Gasteiger partial charge < -0.3 is 9.84 Å². The number of ether oxygens (including phenoxy) is 1. The van der Waals surface area contributed by atoms with Crippen LogP contribution in [-0.2, 0) is 16.1 Å². The number of carbonyl (C=O) groups is 2. The van der Waals surface area contributed by atoms with E-state index in [0.717, 1.165) is 11.1 Å². The molecule has 2 rings (SSSR count). The van der Waals surface area contributed by atoms with Crippen LogP contribution in [0.5, 0.6) is 0 Å². The van der Waals surface area contributed by atoms with E-state index in [1.807, 2.05) is 13.0 Å². The standard InChI is InChI=1S/C13H15NO4/c1-3-18-12(13(16)17)14-7-10-8(2)5-4-6-9(10)11(14)15/h4-6,12H,3,7H2,1-2H3,(H,16,17). The predicted octanol–water partition coefficient (Wildman–Crippen LogP) is 1.40. The molecular formula is C13H15NO4. The number of nitrogens with zero attached hydrogens (tertiary/aromatic N) is 1. The maximum absolute atomic E-state index is 12.2. The van der Waals surface area contributed by atoms with Crippen molar-refractivity contribution in [3.05, 3.63) is 34.9 Å². The summed E-state index contributed by atoms with van der Waals surface area (Å²) in [6.45, 7) is 4.15. The fourth-order valence-electron chi connectivity index (χ4n) is 2.15. The number of carboxylic acid groups (broad SMARTS) is 1. The minimum atomic E-state index is -1.21. The molecule has 1 amide bonds. The minimum Gasteiger partial charge on any atom is -0.478 e. The molecule has 0 spiro atoms. The highest BCUT2D eigenvalue weighted by Gasteiger charge is 2.37. The molecule has 1 aromatic carbocycles. The first-order valence-electron chi connectivity index (χ1n) is 5.80. The molecule has 1 aliphatic rings. The van der Waals surface area contributed by atoms with Crippen molar-refractivity contribution in [3.8, 4) is 0 Å². The Hall–Kier alpha value is -1.88. The van der Waals surface area contributed by atoms with Crippen LogP contribution in [0.15, 0.2) is 18.2 Å². The van der Waals surface area contributed by atoms with Gasteiger partial charge in [-0.3, -0.25) is 9.69 Å². The number of aryl methyl sites for hydroxylation is 1. The molecule has 5 heteroatoms. The molecular weight excluding hydrogens is 234 g/mol. The molecule has 0 radical (unpaired) electrons. The van der Waals surface area contributed by atoms with Crippen molar-refractivity contribution in [1.29, 1.82) is 0 Å². The number of carbonyl (C=O) groups excluding carboxylic acids is 1. The second-order valence-electron chi connectivity index (χ2n) is 4.18. The Morgan fingerprint density at radius 1 is 1.56 bits per heavy atom. The van der Waals surface area contributed by atoms with Crippen LogP contribution in [-0.4, -0.2) is 34.7 Å². The van der Waals surface area contributed by atoms with Crippen LogP contribution < -0.4 is 0 Å². The summed E-state index contributed by atoms with van der Waals surface area (Å²) in [5, 5.41) is 9.11. The van der Waals surface area contributed by atoms with Gasteiger partial charge >= 0.3 is 5.97 Å². The third-order valence-electron chi connectivity index (χ3n) is 3.05. The fraction of sp³-hybridized carbons (Fsp3) is 0.385. The number of rotatable bonds is 4. The summed E-state index contributed by atoms with van der Waals surface area (Å²) in [4.78, 5) is 24.5. The predicted molar refractivity (Wildman–Crippen MR) is 64.1 cm³/mol. The van der Waals surface area contributed by atoms with E-state index >= 15 is 0 Å². The van der Waals surface area contributed by atoms with Crippen LogP contribution in [0.25, 0.3) is 0 Å². The molecule has 0 bridgehead atoms. The molecule has 0 saturated carbocycles. The van der Waals surface area contributed by atoms with Crippen LogP contribution in [0.3, 0.4) is 0 Å². The minimum absolute atomic E-state index is 0.246. The Balaban J connectivity index is 2.33. The molecule has 0 fully saturated rings. The van der Waals surface area contributed by atoms with Crippen molar-refractivity contribution in [1.82, 2.24) is 4.90 Å². The highest BCUT2D eigenvalue weighted by Crippen LogP contribution is 2.27. The van der Waals surface area contributed by atoms with Crippen LogP contribution in [0.1, 0.15) is 28.4 Å². The number of benzene rings is 1. The summed E-state index contributed by atoms with van der Waals surface area (Å²) in [6.07, 6.45) is -1.21. The average Bonchev–Trinajstić information content (AvgIpc) is 2.65. The largest absolute Gasteiger partial charge is 0.478 e. The number of carboxylic acids is 1. The zero-order valence-electron chi connectivity index (χ0n) is 10.3. The van der Waals surface area contributed by atoms with Gasteiger partial charge in [-0.25, -0.2) is 4.79 Å². The van der Waals surface area contributed by atoms with Crippen LogP contribution in [0, 0.1) is 6.92 Å². The van der Waals surface area contributed by atoms with E-state index in [0.29, 0.717) is 5.56 Å². The van der Waals surface area contributed by atoms with E-state index in [4.69, 9.17) is 9.84 Å². The maximum atomic E-state index is 12.2. The highest BCUT2D eigenvalue weighted by atomic mass is 16.5. The molecule has 1 N–H and O–H groups in total. The van der Waals surface area contributed by atoms with Crippen molar-refractivity contribution in [3.63, 3.8) is 0 Å². The van der Waals surface area contributed by atoms with Gasteiger partial charge in [0.2, 0.25) is 6.23 Å². The Bertz CT molecular complexity index is 498. The van der Waals surface area contributed by atoms with E-state index in [9.17, 15) is 9.59 Å². The fourth-order valence-corrected chi connectivity index (χ4v) is 2.15. The summed E-state index contributed by atoms with van der Waals surface area (Å²) in [6, 6.07) is 5.42. The third-order valence-corrected chi connectivity index (χ3v) is 3.05. The summed E-state index contributed by atoms with van der Waals surface area (Å²) in [5.41, 5.74) is 2.44. The maximum Gasteiger partial charge on any atom is 0.354 e. The van der Waals surface area contributed by atoms with E-state index in [1.54, 1.807) is 19.1 Å². The van der Waals surface area contributed by atoms with E-state index in [-0.39, 0.29) is 19.1 Å². The SMILES string of the molecule is CCOC(C(=O)O)N1Cc2c(C)cccc2C1=O. The third kappa shape index (κ3) is 1.97. The van der Waals surface area contributed by atoms with Gasteiger partial charge in [-0.2, -0.15) is 0 Å². The summed E-state index contributed by atoms with van der Waals surface area (Å²) in [7, 11) is 0. The first kappa shape index (κ1) is 12.6. The lowest BCUT2D eigenvalue weighted by Crippen LogP contribution is -2.43. The molecule has 0 aliphatic carbocycles. The molecule has 5 nitrogen and oxygen atoms in total. The van der Waals surface area contributed by atoms with Crippen molar-refractivity contribution in [2.45, 2.75) is 26.6 Å². The van der Waals surface area contributed by atoms with Gasteiger partial charge in [-0.1, -0.05) is 12.1 Å². The van der Waals surface area contributed by atoms with Gasteiger partial charge in [-0.05, 0) is 31.0 Å². The topological polar surface area (TPSA) is 66.8 Å². The highest BCUT2D eigenvalue weighted by molar-refractivity contribution is 6.00. The zero-order valence-corrected chi connectivity index (χ0v) is 10.3. The molecule has 18 heavy (non-hydrogen) atoms. The summed E-state index contributed by atoms with van der Waals surface area (Å²) >= 11 is 0. The van der Waals surface area contributed by atoms with Crippen molar-refractivity contribution in [2.24, 2.45) is 0 Å². The number of aliphatic carboxylic acids is 1. The second-order valence-corrected chi connectivity index (χ2v) is 4.18. The van der Waals surface area contributed by atoms with E-state index in [1.165, 1.54) is 4.90 Å². The number of fused-ring (bicyclic) bond motifs is 1. The molecule has 96 valence electrons. The second kappa shape index (κ2) is 4.78. The summed E-state index contributed by atoms with van der Waals surface area (Å²) < 4.78 is 5.13. The van der Waals surface area contributed by atoms with Gasteiger partial charge in [0.05, 0.1) is 6.54 Å². The van der Waals surface area contributed by atoms with Crippen molar-refractivity contribution >= 4 is 11.9 Å². The molecule has 0 saturated heterocycles. The first-order valence-corrected chi connectivity index (χ1v) is 5.80. The Morgan fingerprint density at radius 3 is 2.83 bits per heavy atom. The van der Waals surface area contributed by atoms with E-state index in [2.05, 4.69) is 0 Å². The van der Waals surface area contributed by atoms with Crippen LogP contribution in [0.4, 0.5) is 0 Å². The zero-order chi connectivity index (χ0) is 13.3. The summed E-state index contributed by atoms with van der Waals surface area (Å²) in [5.74, 6) is -1.43. The van der Waals surface area contributed by atoms with Crippen LogP contribution >= 0.6 is 0 Å². The van der Waals surface area contributed by atoms with E-state index < -0.39 is 12.2 Å². The number of hydrogen-bond acceptors (Lipinski definition) is 3. The normalized spacial score (nSPS) is 15.7.